The Morgan fingerprint density at radius 1 is 1.29 bits per heavy atom. The fraction of sp³-hybridized carbons (Fsp3) is 0.267. The molecule has 1 heterocycles. The van der Waals surface area contributed by atoms with Crippen molar-refractivity contribution in [2.75, 3.05) is 14.2 Å². The van der Waals surface area contributed by atoms with Crippen molar-refractivity contribution < 1.29 is 14.3 Å². The molecule has 0 aliphatic heterocycles. The van der Waals surface area contributed by atoms with E-state index < -0.39 is 0 Å². The third-order valence-corrected chi connectivity index (χ3v) is 4.73. The van der Waals surface area contributed by atoms with Gasteiger partial charge in [0.1, 0.15) is 11.5 Å². The number of hydrogen-bond donors (Lipinski definition) is 1. The summed E-state index contributed by atoms with van der Waals surface area (Å²) in [4.78, 5) is 12.9. The van der Waals surface area contributed by atoms with Crippen LogP contribution in [0.2, 0.25) is 0 Å². The lowest BCUT2D eigenvalue weighted by Gasteiger charge is -2.18. The van der Waals surface area contributed by atoms with Crippen molar-refractivity contribution in [1.29, 1.82) is 0 Å². The van der Waals surface area contributed by atoms with Gasteiger partial charge in [-0.2, -0.15) is 0 Å². The van der Waals surface area contributed by atoms with E-state index in [-0.39, 0.29) is 11.9 Å². The predicted octanol–water partition coefficient (Wildman–Crippen LogP) is 4.02. The molecule has 1 amide bonds. The third-order valence-electron chi connectivity index (χ3n) is 3.04. The van der Waals surface area contributed by atoms with Gasteiger partial charge in [-0.25, -0.2) is 0 Å². The molecule has 0 aliphatic carbocycles. The first-order chi connectivity index (χ1) is 10.0. The molecule has 2 aromatic rings. The molecule has 6 heteroatoms. The quantitative estimate of drug-likeness (QED) is 0.865. The van der Waals surface area contributed by atoms with Crippen molar-refractivity contribution in [3.63, 3.8) is 0 Å². The largest absolute Gasteiger partial charge is 0.497 e. The first-order valence-electron chi connectivity index (χ1n) is 6.32. The van der Waals surface area contributed by atoms with Gasteiger partial charge in [0.25, 0.3) is 5.91 Å². The molecule has 0 aliphatic rings. The SMILES string of the molecule is COc1ccc(OC)c([C@H](C)NC(=O)c2cc(Br)cs2)c1. The highest BCUT2D eigenvalue weighted by Crippen LogP contribution is 2.29. The molecule has 2 rings (SSSR count). The van der Waals surface area contributed by atoms with E-state index in [0.717, 1.165) is 21.5 Å². The lowest BCUT2D eigenvalue weighted by molar-refractivity contribution is 0.0943. The van der Waals surface area contributed by atoms with E-state index >= 15 is 0 Å². The van der Waals surface area contributed by atoms with E-state index in [1.54, 1.807) is 20.3 Å². The number of benzene rings is 1. The summed E-state index contributed by atoms with van der Waals surface area (Å²) >= 11 is 4.74. The highest BCUT2D eigenvalue weighted by molar-refractivity contribution is 9.10. The number of nitrogens with one attached hydrogen (secondary N) is 1. The monoisotopic (exact) mass is 369 g/mol. The van der Waals surface area contributed by atoms with Crippen LogP contribution in [0.15, 0.2) is 34.1 Å². The van der Waals surface area contributed by atoms with E-state index in [2.05, 4.69) is 21.2 Å². The fourth-order valence-electron chi connectivity index (χ4n) is 1.96. The van der Waals surface area contributed by atoms with Gasteiger partial charge in [-0.15, -0.1) is 11.3 Å². The van der Waals surface area contributed by atoms with Gasteiger partial charge in [-0.3, -0.25) is 4.79 Å². The van der Waals surface area contributed by atoms with Gasteiger partial charge < -0.3 is 14.8 Å². The molecule has 1 atom stereocenters. The molecule has 0 unspecified atom stereocenters. The zero-order valence-electron chi connectivity index (χ0n) is 12.0. The maximum Gasteiger partial charge on any atom is 0.261 e. The second kappa shape index (κ2) is 6.95. The number of halogens is 1. The van der Waals surface area contributed by atoms with Crippen molar-refractivity contribution in [2.45, 2.75) is 13.0 Å². The van der Waals surface area contributed by atoms with Gasteiger partial charge in [0.2, 0.25) is 0 Å². The number of carbonyl (C=O) groups is 1. The van der Waals surface area contributed by atoms with E-state index in [4.69, 9.17) is 9.47 Å². The molecular weight excluding hydrogens is 354 g/mol. The predicted molar refractivity (Wildman–Crippen MR) is 87.4 cm³/mol. The van der Waals surface area contributed by atoms with Gasteiger partial charge in [-0.05, 0) is 47.1 Å². The highest BCUT2D eigenvalue weighted by Gasteiger charge is 2.17. The van der Waals surface area contributed by atoms with Crippen molar-refractivity contribution in [2.24, 2.45) is 0 Å². The van der Waals surface area contributed by atoms with E-state index in [1.165, 1.54) is 11.3 Å². The second-order valence-corrected chi connectivity index (χ2v) is 6.26. The maximum atomic E-state index is 12.2. The number of thiophene rings is 1. The topological polar surface area (TPSA) is 47.6 Å². The minimum absolute atomic E-state index is 0.108. The summed E-state index contributed by atoms with van der Waals surface area (Å²) in [5, 5.41) is 4.85. The Labute approximate surface area is 136 Å². The van der Waals surface area contributed by atoms with Crippen molar-refractivity contribution in [3.05, 3.63) is 44.6 Å². The van der Waals surface area contributed by atoms with Crippen LogP contribution in [0, 0.1) is 0 Å². The van der Waals surface area contributed by atoms with Crippen LogP contribution < -0.4 is 14.8 Å². The Morgan fingerprint density at radius 3 is 2.62 bits per heavy atom. The number of carbonyl (C=O) groups excluding carboxylic acids is 1. The van der Waals surface area contributed by atoms with Crippen LogP contribution >= 0.6 is 27.3 Å². The van der Waals surface area contributed by atoms with Gasteiger partial charge in [0.15, 0.2) is 0 Å². The average molecular weight is 370 g/mol. The fourth-order valence-corrected chi connectivity index (χ4v) is 3.28. The first-order valence-corrected chi connectivity index (χ1v) is 7.99. The minimum atomic E-state index is -0.191. The van der Waals surface area contributed by atoms with E-state index in [0.29, 0.717) is 4.88 Å². The maximum absolute atomic E-state index is 12.2. The number of ether oxygens (including phenoxy) is 2. The summed E-state index contributed by atoms with van der Waals surface area (Å²) in [7, 11) is 3.22. The third kappa shape index (κ3) is 3.77. The van der Waals surface area contributed by atoms with Crippen LogP contribution in [0.1, 0.15) is 28.2 Å². The van der Waals surface area contributed by atoms with E-state index in [9.17, 15) is 4.79 Å². The number of amides is 1. The molecular formula is C15H16BrNO3S. The molecule has 112 valence electrons. The highest BCUT2D eigenvalue weighted by atomic mass is 79.9. The summed E-state index contributed by atoms with van der Waals surface area (Å²) < 4.78 is 11.5. The normalized spacial score (nSPS) is 11.8. The lowest BCUT2D eigenvalue weighted by atomic mass is 10.1. The summed E-state index contributed by atoms with van der Waals surface area (Å²) in [6, 6.07) is 7.14. The summed E-state index contributed by atoms with van der Waals surface area (Å²) in [6.45, 7) is 1.91. The van der Waals surface area contributed by atoms with Gasteiger partial charge >= 0.3 is 0 Å². The van der Waals surface area contributed by atoms with Crippen LogP contribution in [-0.2, 0) is 0 Å². The Morgan fingerprint density at radius 2 is 2.05 bits per heavy atom. The summed E-state index contributed by atoms with van der Waals surface area (Å²) in [5.74, 6) is 1.34. The van der Waals surface area contributed by atoms with Gasteiger partial charge in [-0.1, -0.05) is 0 Å². The van der Waals surface area contributed by atoms with Crippen LogP contribution in [0.5, 0.6) is 11.5 Å². The number of rotatable bonds is 5. The lowest BCUT2D eigenvalue weighted by Crippen LogP contribution is -2.26. The zero-order valence-corrected chi connectivity index (χ0v) is 14.4. The average Bonchev–Trinajstić information content (AvgIpc) is 2.93. The molecule has 1 N–H and O–H groups in total. The van der Waals surface area contributed by atoms with Crippen LogP contribution in [0.25, 0.3) is 0 Å². The molecule has 1 aromatic carbocycles. The molecule has 21 heavy (non-hydrogen) atoms. The first kappa shape index (κ1) is 15.9. The van der Waals surface area contributed by atoms with E-state index in [1.807, 2.05) is 30.5 Å². The standard InChI is InChI=1S/C15H16BrNO3S/c1-9(17-15(18)14-6-10(16)8-21-14)12-7-11(19-2)4-5-13(12)20-3/h4-9H,1-3H3,(H,17,18)/t9-/m0/s1. The van der Waals surface area contributed by atoms with Gasteiger partial charge in [0, 0.05) is 15.4 Å². The van der Waals surface area contributed by atoms with Crippen molar-refractivity contribution >= 4 is 33.2 Å². The Kier molecular flexibility index (Phi) is 5.25. The Bertz CT molecular complexity index is 642. The molecule has 0 spiro atoms. The summed E-state index contributed by atoms with van der Waals surface area (Å²) in [6.07, 6.45) is 0. The zero-order chi connectivity index (χ0) is 15.4. The second-order valence-electron chi connectivity index (χ2n) is 4.43. The molecule has 0 bridgehead atoms. The van der Waals surface area contributed by atoms with Crippen molar-refractivity contribution in [1.82, 2.24) is 5.32 Å². The molecule has 0 fully saturated rings. The summed E-state index contributed by atoms with van der Waals surface area (Å²) in [5.41, 5.74) is 0.876. The molecule has 0 radical (unpaired) electrons. The van der Waals surface area contributed by atoms with Crippen LogP contribution in [-0.4, -0.2) is 20.1 Å². The number of methoxy groups -OCH3 is 2. The molecule has 0 saturated carbocycles. The van der Waals surface area contributed by atoms with Gasteiger partial charge in [0.05, 0.1) is 25.1 Å². The molecule has 4 nitrogen and oxygen atoms in total. The Balaban J connectivity index is 2.19. The molecule has 1 aromatic heterocycles. The van der Waals surface area contributed by atoms with Crippen molar-refractivity contribution in [3.8, 4) is 11.5 Å². The van der Waals surface area contributed by atoms with Crippen LogP contribution in [0.4, 0.5) is 0 Å². The Hall–Kier alpha value is -1.53. The molecule has 0 saturated heterocycles. The smallest absolute Gasteiger partial charge is 0.261 e. The van der Waals surface area contributed by atoms with Crippen LogP contribution in [0.3, 0.4) is 0 Å². The minimum Gasteiger partial charge on any atom is -0.497 e. The number of hydrogen-bond acceptors (Lipinski definition) is 4.